The molecule has 4 rings (SSSR count). The largest absolute Gasteiger partial charge is 0.416 e. The zero-order valence-corrected chi connectivity index (χ0v) is 14.0. The fourth-order valence-corrected chi connectivity index (χ4v) is 3.47. The second kappa shape index (κ2) is 5.98. The van der Waals surface area contributed by atoms with E-state index in [1.54, 1.807) is 0 Å². The van der Waals surface area contributed by atoms with Gasteiger partial charge in [0.25, 0.3) is 0 Å². The van der Waals surface area contributed by atoms with Crippen molar-refractivity contribution in [2.45, 2.75) is 25.1 Å². The summed E-state index contributed by atoms with van der Waals surface area (Å²) in [5, 5.41) is 10.0. The first kappa shape index (κ1) is 16.8. The van der Waals surface area contributed by atoms with Crippen LogP contribution in [-0.4, -0.2) is 21.0 Å². The van der Waals surface area contributed by atoms with Gasteiger partial charge in [-0.15, -0.1) is 5.10 Å². The number of aryl methyl sites for hydroxylation is 1. The van der Waals surface area contributed by atoms with E-state index in [0.29, 0.717) is 6.42 Å². The highest BCUT2D eigenvalue weighted by Crippen LogP contribution is 2.35. The molecule has 1 aliphatic carbocycles. The van der Waals surface area contributed by atoms with E-state index in [9.17, 15) is 18.0 Å². The number of nitrogens with one attached hydrogen (secondary N) is 1. The van der Waals surface area contributed by atoms with Gasteiger partial charge in [0.15, 0.2) is 0 Å². The minimum Gasteiger partial charge on any atom is -0.329 e. The van der Waals surface area contributed by atoms with Crippen LogP contribution >= 0.6 is 11.6 Å². The molecular weight excluding hydrogens is 369 g/mol. The molecule has 1 aromatic heterocycles. The Morgan fingerprint density at radius 1 is 1.27 bits per heavy atom. The number of halogens is 4. The van der Waals surface area contributed by atoms with Crippen molar-refractivity contribution in [3.8, 4) is 0 Å². The molecule has 26 heavy (non-hydrogen) atoms. The average Bonchev–Trinajstić information content (AvgIpc) is 3.19. The lowest BCUT2D eigenvalue weighted by atomic mass is 10.1. The lowest BCUT2D eigenvalue weighted by Gasteiger charge is -2.14. The van der Waals surface area contributed by atoms with E-state index >= 15 is 0 Å². The van der Waals surface area contributed by atoms with Crippen molar-refractivity contribution in [1.82, 2.24) is 20.3 Å². The fourth-order valence-electron chi connectivity index (χ4n) is 3.21. The van der Waals surface area contributed by atoms with Crippen LogP contribution in [0.25, 0.3) is 11.0 Å². The second-order valence-electron chi connectivity index (χ2n) is 6.06. The summed E-state index contributed by atoms with van der Waals surface area (Å²) in [6, 6.07) is 8.44. The van der Waals surface area contributed by atoms with Crippen LogP contribution in [-0.2, 0) is 12.6 Å². The Labute approximate surface area is 150 Å². The molecule has 0 aliphatic heterocycles. The smallest absolute Gasteiger partial charge is 0.329 e. The van der Waals surface area contributed by atoms with Crippen LogP contribution in [0.1, 0.15) is 29.2 Å². The average molecular weight is 381 g/mol. The first-order valence-corrected chi connectivity index (χ1v) is 8.23. The van der Waals surface area contributed by atoms with Crippen LogP contribution < -0.4 is 5.32 Å². The Bertz CT molecular complexity index is 1010. The summed E-state index contributed by atoms with van der Waals surface area (Å²) in [5.74, 6) is 0. The van der Waals surface area contributed by atoms with Gasteiger partial charge < -0.3 is 5.32 Å². The highest BCUT2D eigenvalue weighted by atomic mass is 35.5. The van der Waals surface area contributed by atoms with Crippen LogP contribution in [0.5, 0.6) is 0 Å². The third-order valence-corrected chi connectivity index (χ3v) is 4.74. The Balaban J connectivity index is 1.69. The van der Waals surface area contributed by atoms with Gasteiger partial charge in [0.05, 0.1) is 16.6 Å². The molecule has 0 bridgehead atoms. The van der Waals surface area contributed by atoms with E-state index in [-0.39, 0.29) is 22.1 Å². The lowest BCUT2D eigenvalue weighted by Crippen LogP contribution is -2.32. The van der Waals surface area contributed by atoms with Crippen molar-refractivity contribution < 1.29 is 18.0 Å². The minimum atomic E-state index is -4.59. The quantitative estimate of drug-likeness (QED) is 0.682. The number of nitrogens with zero attached hydrogens (tertiary/aromatic N) is 3. The van der Waals surface area contributed by atoms with Gasteiger partial charge in [-0.05, 0) is 36.1 Å². The SMILES string of the molecule is O=C(NC1CCc2ccccc21)n1nnc2c(Cl)cc(C(F)(F)F)cc21. The molecule has 1 N–H and O–H groups in total. The molecule has 1 aliphatic rings. The Kier molecular flexibility index (Phi) is 3.87. The summed E-state index contributed by atoms with van der Waals surface area (Å²) in [7, 11) is 0. The summed E-state index contributed by atoms with van der Waals surface area (Å²) in [6.45, 7) is 0. The maximum absolute atomic E-state index is 13.0. The van der Waals surface area contributed by atoms with Crippen molar-refractivity contribution in [1.29, 1.82) is 0 Å². The Morgan fingerprint density at radius 2 is 2.04 bits per heavy atom. The number of aromatic nitrogens is 3. The van der Waals surface area contributed by atoms with Gasteiger partial charge in [-0.1, -0.05) is 41.1 Å². The second-order valence-corrected chi connectivity index (χ2v) is 6.47. The minimum absolute atomic E-state index is 0.0432. The van der Waals surface area contributed by atoms with Crippen molar-refractivity contribution >= 4 is 28.7 Å². The van der Waals surface area contributed by atoms with Crippen molar-refractivity contribution in [2.24, 2.45) is 0 Å². The van der Waals surface area contributed by atoms with E-state index in [2.05, 4.69) is 15.6 Å². The molecule has 3 aromatic rings. The zero-order valence-electron chi connectivity index (χ0n) is 13.2. The number of hydrogen-bond donors (Lipinski definition) is 1. The molecule has 0 saturated carbocycles. The van der Waals surface area contributed by atoms with E-state index in [1.165, 1.54) is 0 Å². The van der Waals surface area contributed by atoms with Crippen molar-refractivity contribution in [3.63, 3.8) is 0 Å². The molecule has 0 spiro atoms. The third-order valence-electron chi connectivity index (χ3n) is 4.46. The molecule has 1 atom stereocenters. The van der Waals surface area contributed by atoms with E-state index < -0.39 is 17.8 Å². The number of benzene rings is 2. The van der Waals surface area contributed by atoms with Crippen molar-refractivity contribution in [2.75, 3.05) is 0 Å². The number of carbonyl (C=O) groups is 1. The van der Waals surface area contributed by atoms with Crippen molar-refractivity contribution in [3.05, 3.63) is 58.1 Å². The fraction of sp³-hybridized carbons (Fsp3) is 0.235. The van der Waals surface area contributed by atoms with Gasteiger partial charge in [0, 0.05) is 0 Å². The van der Waals surface area contributed by atoms with Crippen LogP contribution in [0.2, 0.25) is 5.02 Å². The molecular formula is C17H12ClF3N4O. The zero-order chi connectivity index (χ0) is 18.5. The van der Waals surface area contributed by atoms with E-state index in [4.69, 9.17) is 11.6 Å². The molecule has 1 heterocycles. The molecule has 1 amide bonds. The highest BCUT2D eigenvalue weighted by molar-refractivity contribution is 6.35. The maximum Gasteiger partial charge on any atom is 0.416 e. The summed E-state index contributed by atoms with van der Waals surface area (Å²) in [6.07, 6.45) is -3.05. The van der Waals surface area contributed by atoms with Gasteiger partial charge in [-0.25, -0.2) is 4.79 Å². The first-order chi connectivity index (χ1) is 12.3. The molecule has 2 aromatic carbocycles. The summed E-state index contributed by atoms with van der Waals surface area (Å²) >= 11 is 5.88. The summed E-state index contributed by atoms with van der Waals surface area (Å²) in [5.41, 5.74) is 1.13. The lowest BCUT2D eigenvalue weighted by molar-refractivity contribution is -0.137. The topological polar surface area (TPSA) is 59.8 Å². The number of fused-ring (bicyclic) bond motifs is 2. The standard InChI is InChI=1S/C17H12ClF3N4O/c18-12-7-10(17(19,20)21)8-14-15(12)23-24-25(14)16(26)22-13-6-5-9-3-1-2-4-11(9)13/h1-4,7-8,13H,5-6H2,(H,22,26). The predicted octanol–water partition coefficient (Wildman–Crippen LogP) is 4.35. The number of hydrogen-bond acceptors (Lipinski definition) is 3. The number of amides is 1. The van der Waals surface area contributed by atoms with Crippen LogP contribution in [0.15, 0.2) is 36.4 Å². The Morgan fingerprint density at radius 3 is 2.81 bits per heavy atom. The van der Waals surface area contributed by atoms with Gasteiger partial charge >= 0.3 is 12.2 Å². The van der Waals surface area contributed by atoms with Gasteiger partial charge in [-0.3, -0.25) is 0 Å². The molecule has 1 unspecified atom stereocenters. The van der Waals surface area contributed by atoms with Crippen LogP contribution in [0.4, 0.5) is 18.0 Å². The van der Waals surface area contributed by atoms with Crippen LogP contribution in [0, 0.1) is 0 Å². The number of carbonyl (C=O) groups excluding carboxylic acids is 1. The summed E-state index contributed by atoms with van der Waals surface area (Å²) in [4.78, 5) is 12.6. The van der Waals surface area contributed by atoms with Gasteiger partial charge in [0.1, 0.15) is 11.0 Å². The molecule has 134 valence electrons. The first-order valence-electron chi connectivity index (χ1n) is 7.85. The third kappa shape index (κ3) is 2.80. The monoisotopic (exact) mass is 380 g/mol. The molecule has 0 radical (unpaired) electrons. The number of rotatable bonds is 1. The highest BCUT2D eigenvalue weighted by Gasteiger charge is 2.33. The van der Waals surface area contributed by atoms with Gasteiger partial charge in [-0.2, -0.15) is 17.9 Å². The normalized spacial score (nSPS) is 16.7. The molecule has 0 saturated heterocycles. The van der Waals surface area contributed by atoms with E-state index in [1.807, 2.05) is 24.3 Å². The predicted molar refractivity (Wildman–Crippen MR) is 89.0 cm³/mol. The van der Waals surface area contributed by atoms with E-state index in [0.717, 1.165) is 34.4 Å². The molecule has 5 nitrogen and oxygen atoms in total. The van der Waals surface area contributed by atoms with Crippen LogP contribution in [0.3, 0.4) is 0 Å². The maximum atomic E-state index is 13.0. The molecule has 9 heteroatoms. The molecule has 0 fully saturated rings. The Hall–Kier alpha value is -2.61. The number of alkyl halides is 3. The van der Waals surface area contributed by atoms with Gasteiger partial charge in [0.2, 0.25) is 0 Å². The summed E-state index contributed by atoms with van der Waals surface area (Å²) < 4.78 is 39.9.